The normalized spacial score (nSPS) is 10.9. The number of rotatable bonds is 6. The summed E-state index contributed by atoms with van der Waals surface area (Å²) < 4.78 is 5.53. The Hall–Kier alpha value is -0.770. The van der Waals surface area contributed by atoms with E-state index in [2.05, 4.69) is 4.90 Å². The first-order valence-corrected chi connectivity index (χ1v) is 6.23. The van der Waals surface area contributed by atoms with E-state index in [-0.39, 0.29) is 6.10 Å². The van der Waals surface area contributed by atoms with Crippen LogP contribution in [0, 0.1) is 0 Å². The summed E-state index contributed by atoms with van der Waals surface area (Å²) in [6.07, 6.45) is 0.266. The number of anilines is 1. The molecule has 0 aromatic heterocycles. The Labute approximate surface area is 109 Å². The van der Waals surface area contributed by atoms with Crippen molar-refractivity contribution in [2.45, 2.75) is 26.5 Å². The molecule has 0 saturated heterocycles. The lowest BCUT2D eigenvalue weighted by Crippen LogP contribution is -2.25. The van der Waals surface area contributed by atoms with E-state index in [9.17, 15) is 0 Å². The maximum atomic E-state index is 5.95. The number of benzene rings is 1. The number of nitrogens with two attached hydrogens (primary N) is 1. The Morgan fingerprint density at radius 1 is 1.41 bits per heavy atom. The van der Waals surface area contributed by atoms with Gasteiger partial charge in [0.25, 0.3) is 0 Å². The molecule has 0 heterocycles. The van der Waals surface area contributed by atoms with Crippen LogP contribution < -0.4 is 10.6 Å². The van der Waals surface area contributed by atoms with Crippen molar-refractivity contribution in [2.75, 3.05) is 25.1 Å². The number of likely N-dealkylation sites (N-methyl/N-ethyl adjacent to an activating group) is 1. The minimum atomic E-state index is 0.266. The van der Waals surface area contributed by atoms with Gasteiger partial charge in [0.2, 0.25) is 0 Å². The molecule has 0 aliphatic rings. The first kappa shape index (κ1) is 14.3. The van der Waals surface area contributed by atoms with Crippen LogP contribution in [0.15, 0.2) is 18.2 Å². The van der Waals surface area contributed by atoms with Crippen molar-refractivity contribution >= 4 is 17.3 Å². The fourth-order valence-corrected chi connectivity index (χ4v) is 1.83. The predicted molar refractivity (Wildman–Crippen MR) is 73.7 cm³/mol. The molecule has 2 N–H and O–H groups in total. The molecule has 0 saturated carbocycles. The predicted octanol–water partition coefficient (Wildman–Crippen LogP) is 2.66. The van der Waals surface area contributed by atoms with Gasteiger partial charge in [0.1, 0.15) is 0 Å². The topological polar surface area (TPSA) is 38.5 Å². The lowest BCUT2D eigenvalue weighted by Gasteiger charge is -2.22. The van der Waals surface area contributed by atoms with Crippen LogP contribution in [-0.2, 0) is 11.3 Å². The van der Waals surface area contributed by atoms with E-state index in [1.165, 1.54) is 0 Å². The van der Waals surface area contributed by atoms with Crippen molar-refractivity contribution in [1.82, 2.24) is 0 Å². The zero-order valence-electron chi connectivity index (χ0n) is 10.7. The summed E-state index contributed by atoms with van der Waals surface area (Å²) in [5.41, 5.74) is 7.89. The van der Waals surface area contributed by atoms with E-state index in [0.717, 1.165) is 22.8 Å². The van der Waals surface area contributed by atoms with Crippen molar-refractivity contribution in [2.24, 2.45) is 5.73 Å². The molecule has 0 atom stereocenters. The van der Waals surface area contributed by atoms with Gasteiger partial charge in [0.15, 0.2) is 0 Å². The van der Waals surface area contributed by atoms with Crippen molar-refractivity contribution in [3.05, 3.63) is 28.8 Å². The maximum Gasteiger partial charge on any atom is 0.0644 e. The molecular weight excluding hydrogens is 236 g/mol. The Morgan fingerprint density at radius 2 is 2.12 bits per heavy atom. The van der Waals surface area contributed by atoms with Crippen LogP contribution in [0.2, 0.25) is 5.02 Å². The highest BCUT2D eigenvalue weighted by Gasteiger charge is 2.07. The molecule has 1 aromatic carbocycles. The van der Waals surface area contributed by atoms with Crippen molar-refractivity contribution in [3.63, 3.8) is 0 Å². The first-order chi connectivity index (χ1) is 8.04. The average molecular weight is 257 g/mol. The fourth-order valence-electron chi connectivity index (χ4n) is 1.64. The van der Waals surface area contributed by atoms with Gasteiger partial charge in [0, 0.05) is 30.8 Å². The molecule has 0 bridgehead atoms. The standard InChI is InChI=1S/C13H21ClN2O/c1-10(2)17-7-6-16(3)13-5-4-12(14)8-11(13)9-15/h4-5,8,10H,6-7,9,15H2,1-3H3. The van der Waals surface area contributed by atoms with Crippen LogP contribution in [0.25, 0.3) is 0 Å². The lowest BCUT2D eigenvalue weighted by molar-refractivity contribution is 0.0846. The summed E-state index contributed by atoms with van der Waals surface area (Å²) in [6.45, 7) is 6.11. The minimum Gasteiger partial charge on any atom is -0.377 e. The van der Waals surface area contributed by atoms with Gasteiger partial charge in [0.05, 0.1) is 12.7 Å². The van der Waals surface area contributed by atoms with Gasteiger partial charge < -0.3 is 15.4 Å². The Kier molecular flexibility index (Phi) is 5.75. The third-order valence-corrected chi connectivity index (χ3v) is 2.79. The fraction of sp³-hybridized carbons (Fsp3) is 0.538. The molecule has 0 spiro atoms. The van der Waals surface area contributed by atoms with E-state index in [1.54, 1.807) is 0 Å². The molecule has 0 aliphatic carbocycles. The monoisotopic (exact) mass is 256 g/mol. The van der Waals surface area contributed by atoms with Crippen LogP contribution in [-0.4, -0.2) is 26.3 Å². The van der Waals surface area contributed by atoms with Crippen molar-refractivity contribution < 1.29 is 4.74 Å². The number of halogens is 1. The highest BCUT2D eigenvalue weighted by atomic mass is 35.5. The Balaban J connectivity index is 2.64. The molecular formula is C13H21ClN2O. The molecule has 0 fully saturated rings. The van der Waals surface area contributed by atoms with Crippen molar-refractivity contribution in [1.29, 1.82) is 0 Å². The summed E-state index contributed by atoms with van der Waals surface area (Å²) >= 11 is 5.95. The van der Waals surface area contributed by atoms with E-state index in [4.69, 9.17) is 22.1 Å². The van der Waals surface area contributed by atoms with Gasteiger partial charge in [-0.05, 0) is 37.6 Å². The molecule has 0 amide bonds. The Bertz CT molecular complexity index is 355. The first-order valence-electron chi connectivity index (χ1n) is 5.85. The van der Waals surface area contributed by atoms with Gasteiger partial charge >= 0.3 is 0 Å². The SMILES string of the molecule is CC(C)OCCN(C)c1ccc(Cl)cc1CN. The average Bonchev–Trinajstić information content (AvgIpc) is 2.28. The molecule has 1 rings (SSSR count). The van der Waals surface area contributed by atoms with E-state index >= 15 is 0 Å². The Morgan fingerprint density at radius 3 is 2.71 bits per heavy atom. The number of ether oxygens (including phenoxy) is 1. The lowest BCUT2D eigenvalue weighted by atomic mass is 10.1. The van der Waals surface area contributed by atoms with Crippen LogP contribution in [0.5, 0.6) is 0 Å². The minimum absolute atomic E-state index is 0.266. The molecule has 17 heavy (non-hydrogen) atoms. The third kappa shape index (κ3) is 4.54. The smallest absolute Gasteiger partial charge is 0.0644 e. The summed E-state index contributed by atoms with van der Waals surface area (Å²) in [5.74, 6) is 0. The molecule has 3 nitrogen and oxygen atoms in total. The van der Waals surface area contributed by atoms with Gasteiger partial charge in [-0.3, -0.25) is 0 Å². The second-order valence-electron chi connectivity index (χ2n) is 4.32. The largest absolute Gasteiger partial charge is 0.377 e. The number of hydrogen-bond donors (Lipinski definition) is 1. The molecule has 0 radical (unpaired) electrons. The third-order valence-electron chi connectivity index (χ3n) is 2.55. The van der Waals surface area contributed by atoms with Crippen LogP contribution in [0.3, 0.4) is 0 Å². The highest BCUT2D eigenvalue weighted by molar-refractivity contribution is 6.30. The number of hydrogen-bond acceptors (Lipinski definition) is 3. The van der Waals surface area contributed by atoms with Gasteiger partial charge in [-0.15, -0.1) is 0 Å². The second-order valence-corrected chi connectivity index (χ2v) is 4.75. The summed E-state index contributed by atoms with van der Waals surface area (Å²) in [5, 5.41) is 0.723. The second kappa shape index (κ2) is 6.84. The van der Waals surface area contributed by atoms with Gasteiger partial charge in [-0.1, -0.05) is 11.6 Å². The number of nitrogens with zero attached hydrogens (tertiary/aromatic N) is 1. The van der Waals surface area contributed by atoms with Crippen LogP contribution in [0.1, 0.15) is 19.4 Å². The molecule has 96 valence electrons. The zero-order chi connectivity index (χ0) is 12.8. The maximum absolute atomic E-state index is 5.95. The van der Waals surface area contributed by atoms with Crippen LogP contribution in [0.4, 0.5) is 5.69 Å². The summed E-state index contributed by atoms with van der Waals surface area (Å²) in [6, 6.07) is 5.80. The van der Waals surface area contributed by atoms with Crippen LogP contribution >= 0.6 is 11.6 Å². The quantitative estimate of drug-likeness (QED) is 0.851. The summed E-state index contributed by atoms with van der Waals surface area (Å²) in [4.78, 5) is 2.14. The van der Waals surface area contributed by atoms with Gasteiger partial charge in [-0.25, -0.2) is 0 Å². The summed E-state index contributed by atoms with van der Waals surface area (Å²) in [7, 11) is 2.03. The molecule has 1 aromatic rings. The van der Waals surface area contributed by atoms with Crippen molar-refractivity contribution in [3.8, 4) is 0 Å². The van der Waals surface area contributed by atoms with E-state index in [0.29, 0.717) is 13.2 Å². The van der Waals surface area contributed by atoms with Gasteiger partial charge in [-0.2, -0.15) is 0 Å². The molecule has 4 heteroatoms. The molecule has 0 aliphatic heterocycles. The zero-order valence-corrected chi connectivity index (χ0v) is 11.5. The van der Waals surface area contributed by atoms with E-state index in [1.807, 2.05) is 39.1 Å². The molecule has 0 unspecified atom stereocenters. The highest BCUT2D eigenvalue weighted by Crippen LogP contribution is 2.23. The van der Waals surface area contributed by atoms with E-state index < -0.39 is 0 Å².